The van der Waals surface area contributed by atoms with E-state index in [0.29, 0.717) is 0 Å². The van der Waals surface area contributed by atoms with Gasteiger partial charge in [0.2, 0.25) is 0 Å². The van der Waals surface area contributed by atoms with Crippen LogP contribution in [0.1, 0.15) is 12.8 Å². The molecule has 1 fully saturated rings. The van der Waals surface area contributed by atoms with E-state index in [9.17, 15) is 4.79 Å². The lowest BCUT2D eigenvalue weighted by atomic mass is 10.4. The van der Waals surface area contributed by atoms with Crippen molar-refractivity contribution in [1.29, 1.82) is 0 Å². The molecule has 3 nitrogen and oxygen atoms in total. The normalized spacial score (nSPS) is 18.1. The van der Waals surface area contributed by atoms with E-state index in [1.54, 1.807) is 14.1 Å². The summed E-state index contributed by atoms with van der Waals surface area (Å²) in [5.41, 5.74) is 0. The van der Waals surface area contributed by atoms with Crippen LogP contribution in [0.2, 0.25) is 0 Å². The molecule has 0 aliphatic heterocycles. The second-order valence-electron chi connectivity index (χ2n) is 2.50. The maximum atomic E-state index is 10.8. The van der Waals surface area contributed by atoms with Gasteiger partial charge in [-0.1, -0.05) is 0 Å². The highest BCUT2D eigenvalue weighted by Gasteiger charge is 2.31. The average Bonchev–Trinajstić information content (AvgIpc) is 2.40. The summed E-state index contributed by atoms with van der Waals surface area (Å²) in [5.74, 6) is 0.118. The lowest BCUT2D eigenvalue weighted by Gasteiger charge is -2.08. The van der Waals surface area contributed by atoms with E-state index >= 15 is 0 Å². The third-order valence-corrected chi connectivity index (χ3v) is 1.18. The topological polar surface area (TPSA) is 29.5 Å². The van der Waals surface area contributed by atoms with Gasteiger partial charge in [-0.3, -0.25) is 4.79 Å². The van der Waals surface area contributed by atoms with Gasteiger partial charge in [0.15, 0.2) is 0 Å². The molecule has 0 bridgehead atoms. The van der Waals surface area contributed by atoms with Crippen LogP contribution < -0.4 is 0 Å². The minimum atomic E-state index is -0.0833. The van der Waals surface area contributed by atoms with Crippen LogP contribution in [-0.2, 0) is 9.63 Å². The lowest BCUT2D eigenvalue weighted by Crippen LogP contribution is -2.19. The molecule has 0 aromatic carbocycles. The Bertz CT molecular complexity index is 118. The molecule has 1 rings (SSSR count). The number of rotatable bonds is 2. The quantitative estimate of drug-likeness (QED) is 0.506. The molecule has 0 spiro atoms. The summed E-state index contributed by atoms with van der Waals surface area (Å²) in [4.78, 5) is 15.5. The summed E-state index contributed by atoms with van der Waals surface area (Å²) in [6, 6.07) is 0. The van der Waals surface area contributed by atoms with Gasteiger partial charge in [0.25, 0.3) is 0 Å². The Kier molecular flexibility index (Phi) is 1.71. The molecule has 0 unspecified atom stereocenters. The van der Waals surface area contributed by atoms with Crippen molar-refractivity contribution >= 4 is 5.97 Å². The van der Waals surface area contributed by atoms with Crippen molar-refractivity contribution in [3.05, 3.63) is 0 Å². The van der Waals surface area contributed by atoms with Gasteiger partial charge in [-0.2, -0.15) is 0 Å². The number of nitrogens with zero attached hydrogens (tertiary/aromatic N) is 1. The predicted octanol–water partition coefficient (Wildman–Crippen LogP) is 0.416. The fourth-order valence-electron chi connectivity index (χ4n) is 0.574. The predicted molar refractivity (Wildman–Crippen MR) is 32.5 cm³/mol. The van der Waals surface area contributed by atoms with Crippen LogP contribution in [0.4, 0.5) is 0 Å². The van der Waals surface area contributed by atoms with Crippen LogP contribution in [0.15, 0.2) is 0 Å². The van der Waals surface area contributed by atoms with Crippen molar-refractivity contribution in [3.63, 3.8) is 0 Å². The van der Waals surface area contributed by atoms with Gasteiger partial charge in [-0.25, -0.2) is 0 Å². The van der Waals surface area contributed by atoms with E-state index in [0.717, 1.165) is 12.8 Å². The molecular formula is C6H11NO2. The zero-order chi connectivity index (χ0) is 6.85. The first-order chi connectivity index (χ1) is 4.20. The lowest BCUT2D eigenvalue weighted by molar-refractivity contribution is -0.179. The third-order valence-electron chi connectivity index (χ3n) is 1.18. The van der Waals surface area contributed by atoms with Crippen LogP contribution in [0, 0.1) is 5.92 Å². The van der Waals surface area contributed by atoms with Crippen molar-refractivity contribution in [3.8, 4) is 0 Å². The Morgan fingerprint density at radius 2 is 2.11 bits per heavy atom. The van der Waals surface area contributed by atoms with E-state index in [4.69, 9.17) is 4.84 Å². The van der Waals surface area contributed by atoms with Crippen molar-refractivity contribution in [1.82, 2.24) is 5.06 Å². The molecule has 1 saturated carbocycles. The monoisotopic (exact) mass is 129 g/mol. The minimum absolute atomic E-state index is 0.0833. The number of carbonyl (C=O) groups is 1. The van der Waals surface area contributed by atoms with Crippen LogP contribution in [0.5, 0.6) is 0 Å². The molecule has 9 heavy (non-hydrogen) atoms. The van der Waals surface area contributed by atoms with Gasteiger partial charge >= 0.3 is 5.97 Å². The summed E-state index contributed by atoms with van der Waals surface area (Å²) < 4.78 is 0. The summed E-state index contributed by atoms with van der Waals surface area (Å²) >= 11 is 0. The molecular weight excluding hydrogens is 118 g/mol. The molecule has 0 saturated heterocycles. The Hall–Kier alpha value is -0.570. The fourth-order valence-corrected chi connectivity index (χ4v) is 0.574. The number of hydroxylamine groups is 2. The Balaban J connectivity index is 2.18. The second-order valence-corrected chi connectivity index (χ2v) is 2.50. The van der Waals surface area contributed by atoms with Crippen molar-refractivity contribution in [2.24, 2.45) is 5.92 Å². The standard InChI is InChI=1S/C6H11NO2/c1-7(2)9-6(8)5-3-4-5/h5H,3-4H2,1-2H3. The van der Waals surface area contributed by atoms with Crippen molar-refractivity contribution in [2.45, 2.75) is 12.8 Å². The van der Waals surface area contributed by atoms with Gasteiger partial charge < -0.3 is 4.84 Å². The van der Waals surface area contributed by atoms with Crippen LogP contribution in [0.3, 0.4) is 0 Å². The van der Waals surface area contributed by atoms with Gasteiger partial charge in [-0.05, 0) is 12.8 Å². The van der Waals surface area contributed by atoms with E-state index in [2.05, 4.69) is 0 Å². The Morgan fingerprint density at radius 3 is 2.44 bits per heavy atom. The van der Waals surface area contributed by atoms with E-state index in [-0.39, 0.29) is 11.9 Å². The number of hydrogen-bond donors (Lipinski definition) is 0. The first kappa shape index (κ1) is 6.55. The first-order valence-electron chi connectivity index (χ1n) is 3.09. The van der Waals surface area contributed by atoms with Crippen LogP contribution in [0.25, 0.3) is 0 Å². The maximum absolute atomic E-state index is 10.8. The highest BCUT2D eigenvalue weighted by atomic mass is 16.7. The highest BCUT2D eigenvalue weighted by molar-refractivity contribution is 5.74. The Morgan fingerprint density at radius 1 is 1.56 bits per heavy atom. The SMILES string of the molecule is CN(C)OC(=O)C1CC1. The molecule has 0 radical (unpaired) electrons. The summed E-state index contributed by atoms with van der Waals surface area (Å²) in [7, 11) is 3.42. The van der Waals surface area contributed by atoms with Gasteiger partial charge in [0, 0.05) is 14.1 Å². The fraction of sp³-hybridized carbons (Fsp3) is 0.833. The zero-order valence-electron chi connectivity index (χ0n) is 5.76. The molecule has 1 aliphatic carbocycles. The van der Waals surface area contributed by atoms with Crippen LogP contribution in [-0.4, -0.2) is 25.1 Å². The van der Waals surface area contributed by atoms with Gasteiger partial charge in [0.1, 0.15) is 0 Å². The highest BCUT2D eigenvalue weighted by Crippen LogP contribution is 2.29. The minimum Gasteiger partial charge on any atom is -0.368 e. The smallest absolute Gasteiger partial charge is 0.328 e. The van der Waals surface area contributed by atoms with Gasteiger partial charge in [-0.15, -0.1) is 5.06 Å². The maximum Gasteiger partial charge on any atom is 0.328 e. The van der Waals surface area contributed by atoms with E-state index < -0.39 is 0 Å². The zero-order valence-corrected chi connectivity index (χ0v) is 5.76. The molecule has 0 atom stereocenters. The summed E-state index contributed by atoms with van der Waals surface area (Å²) in [5, 5.41) is 1.43. The van der Waals surface area contributed by atoms with E-state index in [1.165, 1.54) is 5.06 Å². The molecule has 0 N–H and O–H groups in total. The molecule has 1 aliphatic rings. The first-order valence-corrected chi connectivity index (χ1v) is 3.09. The van der Waals surface area contributed by atoms with Crippen molar-refractivity contribution < 1.29 is 9.63 Å². The van der Waals surface area contributed by atoms with Crippen molar-refractivity contribution in [2.75, 3.05) is 14.1 Å². The molecule has 52 valence electrons. The average molecular weight is 129 g/mol. The molecule has 0 aromatic heterocycles. The summed E-state index contributed by atoms with van der Waals surface area (Å²) in [6.07, 6.45) is 2.01. The molecule has 3 heteroatoms. The van der Waals surface area contributed by atoms with E-state index in [1.807, 2.05) is 0 Å². The largest absolute Gasteiger partial charge is 0.368 e. The molecule has 0 heterocycles. The molecule has 0 aromatic rings. The molecule has 0 amide bonds. The summed E-state index contributed by atoms with van der Waals surface area (Å²) in [6.45, 7) is 0. The number of carbonyl (C=O) groups excluding carboxylic acids is 1. The number of hydrogen-bond acceptors (Lipinski definition) is 3. The van der Waals surface area contributed by atoms with Gasteiger partial charge in [0.05, 0.1) is 5.92 Å². The second kappa shape index (κ2) is 2.35. The Labute approximate surface area is 54.5 Å². The van der Waals surface area contributed by atoms with Crippen LogP contribution >= 0.6 is 0 Å². The third kappa shape index (κ3) is 2.01.